The van der Waals surface area contributed by atoms with Gasteiger partial charge in [-0.2, -0.15) is 0 Å². The maximum atomic E-state index is 11.7. The molecule has 17 heavy (non-hydrogen) atoms. The van der Waals surface area contributed by atoms with Crippen LogP contribution in [0.5, 0.6) is 0 Å². The molecule has 0 fully saturated rings. The minimum Gasteiger partial charge on any atom is -0.356 e. The first kappa shape index (κ1) is 12.3. The number of nitrogens with one attached hydrogen (secondary N) is 2. The number of amides is 1. The Morgan fingerprint density at radius 1 is 1.47 bits per heavy atom. The largest absolute Gasteiger partial charge is 0.356 e. The summed E-state index contributed by atoms with van der Waals surface area (Å²) in [4.78, 5) is 15.9. The second-order valence-electron chi connectivity index (χ2n) is 3.62. The van der Waals surface area contributed by atoms with Crippen molar-refractivity contribution < 1.29 is 4.79 Å². The first-order valence-corrected chi connectivity index (χ1v) is 6.01. The third kappa shape index (κ3) is 3.14. The summed E-state index contributed by atoms with van der Waals surface area (Å²) in [6, 6.07) is 3.29. The molecule has 0 atom stereocenters. The normalized spacial score (nSPS) is 15.1. The lowest BCUT2D eigenvalue weighted by Crippen LogP contribution is -2.44. The van der Waals surface area contributed by atoms with Crippen molar-refractivity contribution in [3.63, 3.8) is 0 Å². The van der Waals surface area contributed by atoms with Crippen LogP contribution >= 0.6 is 23.2 Å². The van der Waals surface area contributed by atoms with E-state index in [1.54, 1.807) is 12.1 Å². The van der Waals surface area contributed by atoms with Crippen molar-refractivity contribution in [2.24, 2.45) is 4.99 Å². The second-order valence-corrected chi connectivity index (χ2v) is 4.40. The molecule has 1 aromatic rings. The zero-order chi connectivity index (χ0) is 12.3. The van der Waals surface area contributed by atoms with E-state index in [0.29, 0.717) is 16.3 Å². The standard InChI is InChI=1S/C10H12Cl2N4O/c11-7-2-3-8(12)16(7)6-9(17)15-10-13-4-1-5-14-10/h2-3H,1,4-6H2,(H2,13,14,15,17). The minimum atomic E-state index is -0.210. The summed E-state index contributed by atoms with van der Waals surface area (Å²) in [7, 11) is 0. The van der Waals surface area contributed by atoms with E-state index in [2.05, 4.69) is 15.6 Å². The Bertz CT molecular complexity index is 436. The lowest BCUT2D eigenvalue weighted by atomic mass is 10.4. The molecule has 5 nitrogen and oxygen atoms in total. The molecule has 0 radical (unpaired) electrons. The molecule has 0 saturated carbocycles. The van der Waals surface area contributed by atoms with Crippen molar-refractivity contribution in [1.29, 1.82) is 0 Å². The SMILES string of the molecule is O=C(Cn1c(Cl)ccc1Cl)NC1=NCCCN1. The number of halogens is 2. The number of hydrogen-bond donors (Lipinski definition) is 2. The quantitative estimate of drug-likeness (QED) is 0.853. The van der Waals surface area contributed by atoms with Gasteiger partial charge in [0.05, 0.1) is 0 Å². The van der Waals surface area contributed by atoms with Gasteiger partial charge in [0.1, 0.15) is 16.9 Å². The number of carbonyl (C=O) groups is 1. The van der Waals surface area contributed by atoms with E-state index >= 15 is 0 Å². The van der Waals surface area contributed by atoms with Gasteiger partial charge < -0.3 is 9.88 Å². The van der Waals surface area contributed by atoms with Crippen molar-refractivity contribution in [1.82, 2.24) is 15.2 Å². The smallest absolute Gasteiger partial charge is 0.246 e. The molecule has 0 bridgehead atoms. The van der Waals surface area contributed by atoms with Crippen molar-refractivity contribution in [2.45, 2.75) is 13.0 Å². The van der Waals surface area contributed by atoms with E-state index in [0.717, 1.165) is 19.5 Å². The summed E-state index contributed by atoms with van der Waals surface area (Å²) in [6.07, 6.45) is 0.981. The van der Waals surface area contributed by atoms with E-state index in [9.17, 15) is 4.79 Å². The molecule has 2 N–H and O–H groups in total. The Morgan fingerprint density at radius 3 is 2.76 bits per heavy atom. The topological polar surface area (TPSA) is 58.4 Å². The summed E-state index contributed by atoms with van der Waals surface area (Å²) in [5.41, 5.74) is 0. The third-order valence-corrected chi connectivity index (χ3v) is 2.99. The predicted octanol–water partition coefficient (Wildman–Crippen LogP) is 1.26. The first-order valence-electron chi connectivity index (χ1n) is 5.25. The Hall–Kier alpha value is -1.20. The number of rotatable bonds is 2. The maximum Gasteiger partial charge on any atom is 0.246 e. The van der Waals surface area contributed by atoms with Gasteiger partial charge in [0.15, 0.2) is 5.96 Å². The van der Waals surface area contributed by atoms with Crippen LogP contribution in [0.15, 0.2) is 17.1 Å². The highest BCUT2D eigenvalue weighted by atomic mass is 35.5. The molecule has 0 unspecified atom stereocenters. The molecular formula is C10H12Cl2N4O. The Kier molecular flexibility index (Phi) is 3.91. The van der Waals surface area contributed by atoms with E-state index < -0.39 is 0 Å². The van der Waals surface area contributed by atoms with Crippen LogP contribution in [0, 0.1) is 0 Å². The molecule has 1 aromatic heterocycles. The van der Waals surface area contributed by atoms with Crippen molar-refractivity contribution in [3.05, 3.63) is 22.4 Å². The van der Waals surface area contributed by atoms with E-state index in [1.807, 2.05) is 0 Å². The fourth-order valence-electron chi connectivity index (χ4n) is 1.50. The van der Waals surface area contributed by atoms with Gasteiger partial charge in [-0.05, 0) is 18.6 Å². The molecule has 0 aromatic carbocycles. The number of carbonyl (C=O) groups excluding carboxylic acids is 1. The van der Waals surface area contributed by atoms with Crippen molar-refractivity contribution >= 4 is 35.1 Å². The fraction of sp³-hybridized carbons (Fsp3) is 0.400. The number of aromatic nitrogens is 1. The van der Waals surface area contributed by atoms with Crippen LogP contribution in [0.3, 0.4) is 0 Å². The number of aliphatic imine (C=N–C) groups is 1. The van der Waals surface area contributed by atoms with Crippen LogP contribution in [0.1, 0.15) is 6.42 Å². The van der Waals surface area contributed by atoms with E-state index in [-0.39, 0.29) is 12.5 Å². The number of nitrogens with zero attached hydrogens (tertiary/aromatic N) is 2. The van der Waals surface area contributed by atoms with E-state index in [1.165, 1.54) is 4.57 Å². The van der Waals surface area contributed by atoms with Gasteiger partial charge in [-0.15, -0.1) is 0 Å². The average molecular weight is 275 g/mol. The van der Waals surface area contributed by atoms with Gasteiger partial charge in [-0.1, -0.05) is 23.2 Å². The molecule has 1 amide bonds. The Morgan fingerprint density at radius 2 is 2.18 bits per heavy atom. The zero-order valence-corrected chi connectivity index (χ0v) is 10.6. The summed E-state index contributed by atoms with van der Waals surface area (Å²) < 4.78 is 1.52. The van der Waals surface area contributed by atoms with Gasteiger partial charge in [0, 0.05) is 13.1 Å². The van der Waals surface area contributed by atoms with Crippen LogP contribution in [0.25, 0.3) is 0 Å². The highest BCUT2D eigenvalue weighted by molar-refractivity contribution is 6.33. The Balaban J connectivity index is 1.95. The highest BCUT2D eigenvalue weighted by Crippen LogP contribution is 2.18. The molecule has 2 heterocycles. The molecule has 0 saturated heterocycles. The lowest BCUT2D eigenvalue weighted by molar-refractivity contribution is -0.120. The van der Waals surface area contributed by atoms with Gasteiger partial charge in [0.2, 0.25) is 5.91 Å². The number of guanidine groups is 1. The zero-order valence-electron chi connectivity index (χ0n) is 9.04. The lowest BCUT2D eigenvalue weighted by Gasteiger charge is -2.15. The van der Waals surface area contributed by atoms with Crippen LogP contribution in [-0.2, 0) is 11.3 Å². The van der Waals surface area contributed by atoms with Gasteiger partial charge in [-0.25, -0.2) is 0 Å². The summed E-state index contributed by atoms with van der Waals surface area (Å²) in [5.74, 6) is 0.304. The second kappa shape index (κ2) is 5.42. The monoisotopic (exact) mass is 274 g/mol. The molecule has 0 spiro atoms. The molecule has 1 aliphatic heterocycles. The van der Waals surface area contributed by atoms with Gasteiger partial charge in [0.25, 0.3) is 0 Å². The maximum absolute atomic E-state index is 11.7. The van der Waals surface area contributed by atoms with Crippen molar-refractivity contribution in [2.75, 3.05) is 13.1 Å². The van der Waals surface area contributed by atoms with Crippen LogP contribution < -0.4 is 10.6 Å². The third-order valence-electron chi connectivity index (χ3n) is 2.33. The van der Waals surface area contributed by atoms with Crippen LogP contribution in [0.4, 0.5) is 0 Å². The molecule has 7 heteroatoms. The summed E-state index contributed by atoms with van der Waals surface area (Å²) in [5, 5.41) is 6.54. The molecule has 92 valence electrons. The summed E-state index contributed by atoms with van der Waals surface area (Å²) >= 11 is 11.8. The van der Waals surface area contributed by atoms with Crippen molar-refractivity contribution in [3.8, 4) is 0 Å². The molecule has 2 rings (SSSR count). The summed E-state index contributed by atoms with van der Waals surface area (Å²) in [6.45, 7) is 1.63. The minimum absolute atomic E-state index is 0.0748. The van der Waals surface area contributed by atoms with E-state index in [4.69, 9.17) is 23.2 Å². The Labute approximate surface area is 109 Å². The molecule has 1 aliphatic rings. The van der Waals surface area contributed by atoms with Crippen LogP contribution in [-0.4, -0.2) is 29.5 Å². The average Bonchev–Trinajstić information content (AvgIpc) is 2.62. The number of hydrogen-bond acceptors (Lipinski definition) is 3. The molecule has 0 aliphatic carbocycles. The van der Waals surface area contributed by atoms with Gasteiger partial charge >= 0.3 is 0 Å². The van der Waals surface area contributed by atoms with Gasteiger partial charge in [-0.3, -0.25) is 15.1 Å². The first-order chi connectivity index (χ1) is 8.16. The van der Waals surface area contributed by atoms with Crippen LogP contribution in [0.2, 0.25) is 10.3 Å². The predicted molar refractivity (Wildman–Crippen MR) is 67.5 cm³/mol. The fourth-order valence-corrected chi connectivity index (χ4v) is 1.97. The highest BCUT2D eigenvalue weighted by Gasteiger charge is 2.12. The molecular weight excluding hydrogens is 263 g/mol.